The van der Waals surface area contributed by atoms with Crippen molar-refractivity contribution in [1.82, 2.24) is 0 Å². The third-order valence-corrected chi connectivity index (χ3v) is 7.75. The quantitative estimate of drug-likeness (QED) is 0.689. The first kappa shape index (κ1) is 20.5. The minimum Gasteiger partial charge on any atom is -0.493 e. The summed E-state index contributed by atoms with van der Waals surface area (Å²) in [7, 11) is -2.34. The van der Waals surface area contributed by atoms with Gasteiger partial charge in [0.2, 0.25) is 0 Å². The lowest BCUT2D eigenvalue weighted by Gasteiger charge is -2.32. The van der Waals surface area contributed by atoms with Crippen LogP contribution in [0.15, 0.2) is 18.2 Å². The van der Waals surface area contributed by atoms with Gasteiger partial charge in [-0.1, -0.05) is 6.07 Å². The highest BCUT2D eigenvalue weighted by atomic mass is 32.2. The van der Waals surface area contributed by atoms with Crippen molar-refractivity contribution < 1.29 is 27.2 Å². The first-order valence-corrected chi connectivity index (χ1v) is 11.2. The highest BCUT2D eigenvalue weighted by molar-refractivity contribution is 7.91. The van der Waals surface area contributed by atoms with E-state index in [0.29, 0.717) is 24.5 Å². The molecule has 0 spiro atoms. The summed E-state index contributed by atoms with van der Waals surface area (Å²) < 4.78 is 48.5. The van der Waals surface area contributed by atoms with Crippen LogP contribution in [0.5, 0.6) is 11.5 Å². The van der Waals surface area contributed by atoms with Gasteiger partial charge in [0, 0.05) is 11.6 Å². The van der Waals surface area contributed by atoms with Crippen LogP contribution in [-0.2, 0) is 24.5 Å². The molecule has 6 nitrogen and oxygen atoms in total. The van der Waals surface area contributed by atoms with Crippen molar-refractivity contribution in [3.05, 3.63) is 23.8 Å². The van der Waals surface area contributed by atoms with E-state index in [4.69, 9.17) is 18.8 Å². The Morgan fingerprint density at radius 3 is 2.19 bits per heavy atom. The Balaban J connectivity index is 2.08. The van der Waals surface area contributed by atoms with E-state index in [1.165, 1.54) is 6.26 Å². The number of hydrogen-bond donors (Lipinski definition) is 0. The molecule has 8 heteroatoms. The van der Waals surface area contributed by atoms with Crippen LogP contribution in [0.3, 0.4) is 0 Å². The summed E-state index contributed by atoms with van der Waals surface area (Å²) >= 11 is 0. The second-order valence-electron chi connectivity index (χ2n) is 8.45. The van der Waals surface area contributed by atoms with Crippen LogP contribution >= 0.6 is 0 Å². The Kier molecular flexibility index (Phi) is 4.85. The van der Waals surface area contributed by atoms with E-state index in [1.807, 2.05) is 52.8 Å². The zero-order valence-electron chi connectivity index (χ0n) is 17.2. The van der Waals surface area contributed by atoms with E-state index in [1.54, 1.807) is 7.11 Å². The van der Waals surface area contributed by atoms with Gasteiger partial charge in [-0.3, -0.25) is 0 Å². The maximum Gasteiger partial charge on any atom is 0.470 e. The van der Waals surface area contributed by atoms with Crippen molar-refractivity contribution in [1.29, 1.82) is 0 Å². The molecule has 2 fully saturated rings. The lowest BCUT2D eigenvalue weighted by Crippen LogP contribution is -2.41. The van der Waals surface area contributed by atoms with Crippen LogP contribution < -0.4 is 9.47 Å². The molecule has 0 aromatic heterocycles. The summed E-state index contributed by atoms with van der Waals surface area (Å²) in [6.45, 7) is 10.3. The Morgan fingerprint density at radius 2 is 1.74 bits per heavy atom. The van der Waals surface area contributed by atoms with Crippen LogP contribution in [0.25, 0.3) is 0 Å². The molecule has 1 saturated heterocycles. The molecule has 0 amide bonds. The SMILES string of the molecule is CCOc1cc(C2(B3OC(C)(C)C(C)(C)O3)CC2S(C)(=O)=O)ccc1OC. The van der Waals surface area contributed by atoms with Crippen LogP contribution in [0.2, 0.25) is 0 Å². The highest BCUT2D eigenvalue weighted by Crippen LogP contribution is 2.59. The van der Waals surface area contributed by atoms with Crippen molar-refractivity contribution in [2.24, 2.45) is 0 Å². The molecule has 2 aliphatic rings. The van der Waals surface area contributed by atoms with Crippen LogP contribution in [0, 0.1) is 0 Å². The van der Waals surface area contributed by atoms with E-state index in [2.05, 4.69) is 0 Å². The number of sulfone groups is 1. The van der Waals surface area contributed by atoms with Gasteiger partial charge in [-0.25, -0.2) is 8.42 Å². The van der Waals surface area contributed by atoms with Gasteiger partial charge in [0.1, 0.15) is 0 Å². The molecule has 1 aliphatic carbocycles. The largest absolute Gasteiger partial charge is 0.493 e. The maximum atomic E-state index is 12.4. The first-order valence-electron chi connectivity index (χ1n) is 9.25. The van der Waals surface area contributed by atoms with E-state index in [0.717, 1.165) is 5.56 Å². The van der Waals surface area contributed by atoms with Gasteiger partial charge in [0.15, 0.2) is 21.3 Å². The Labute approximate surface area is 162 Å². The maximum absolute atomic E-state index is 12.4. The van der Waals surface area contributed by atoms with Gasteiger partial charge >= 0.3 is 7.12 Å². The van der Waals surface area contributed by atoms with Crippen molar-refractivity contribution in [2.45, 2.75) is 62.8 Å². The molecule has 0 N–H and O–H groups in total. The summed E-state index contributed by atoms with van der Waals surface area (Å²) in [4.78, 5) is 0. The van der Waals surface area contributed by atoms with E-state index in [-0.39, 0.29) is 0 Å². The van der Waals surface area contributed by atoms with E-state index in [9.17, 15) is 8.42 Å². The summed E-state index contributed by atoms with van der Waals surface area (Å²) in [5.74, 6) is 1.20. The number of hydrogen-bond acceptors (Lipinski definition) is 6. The zero-order valence-corrected chi connectivity index (χ0v) is 18.0. The fourth-order valence-corrected chi connectivity index (χ4v) is 5.35. The number of rotatable bonds is 6. The molecule has 2 unspecified atom stereocenters. The number of methoxy groups -OCH3 is 1. The first-order chi connectivity index (χ1) is 12.4. The van der Waals surface area contributed by atoms with Gasteiger partial charge < -0.3 is 18.8 Å². The number of ether oxygens (including phenoxy) is 2. The molecule has 2 atom stereocenters. The minimum absolute atomic E-state index is 0.459. The molecular weight excluding hydrogens is 367 g/mol. The normalized spacial score (nSPS) is 28.9. The van der Waals surface area contributed by atoms with Crippen molar-refractivity contribution in [3.63, 3.8) is 0 Å². The minimum atomic E-state index is -3.27. The molecule has 1 heterocycles. The molecule has 1 saturated carbocycles. The molecule has 0 bridgehead atoms. The van der Waals surface area contributed by atoms with E-state index >= 15 is 0 Å². The molecule has 1 aromatic carbocycles. The summed E-state index contributed by atoms with van der Waals surface area (Å²) in [6.07, 6.45) is 1.73. The zero-order chi connectivity index (χ0) is 20.3. The van der Waals surface area contributed by atoms with Gasteiger partial charge in [-0.15, -0.1) is 0 Å². The van der Waals surface area contributed by atoms with Crippen molar-refractivity contribution >= 4 is 17.0 Å². The van der Waals surface area contributed by atoms with Crippen molar-refractivity contribution in [2.75, 3.05) is 20.0 Å². The molecule has 3 rings (SSSR count). The lowest BCUT2D eigenvalue weighted by atomic mass is 9.64. The topological polar surface area (TPSA) is 71.1 Å². The molecule has 1 aliphatic heterocycles. The van der Waals surface area contributed by atoms with Gasteiger partial charge in [-0.2, -0.15) is 0 Å². The third kappa shape index (κ3) is 3.25. The average molecular weight is 396 g/mol. The molecule has 27 heavy (non-hydrogen) atoms. The van der Waals surface area contributed by atoms with E-state index < -0.39 is 38.7 Å². The third-order valence-electron chi connectivity index (χ3n) is 6.13. The molecule has 1 aromatic rings. The smallest absolute Gasteiger partial charge is 0.470 e. The Hall–Kier alpha value is -1.25. The predicted molar refractivity (Wildman–Crippen MR) is 105 cm³/mol. The van der Waals surface area contributed by atoms with Crippen LogP contribution in [0.1, 0.15) is 46.6 Å². The lowest BCUT2D eigenvalue weighted by molar-refractivity contribution is 0.00578. The monoisotopic (exact) mass is 396 g/mol. The summed E-state index contributed by atoms with van der Waals surface area (Å²) in [6, 6.07) is 5.56. The molecule has 150 valence electrons. The summed E-state index contributed by atoms with van der Waals surface area (Å²) in [5.41, 5.74) is -0.240. The van der Waals surface area contributed by atoms with Crippen LogP contribution in [0.4, 0.5) is 0 Å². The van der Waals surface area contributed by atoms with Crippen LogP contribution in [-0.4, -0.2) is 52.0 Å². The predicted octanol–water partition coefficient (Wildman–Crippen LogP) is 2.78. The molecular formula is C19H29BO6S. The Bertz CT molecular complexity index is 819. The van der Waals surface area contributed by atoms with Gasteiger partial charge in [-0.05, 0) is 58.7 Å². The number of benzene rings is 1. The Morgan fingerprint density at radius 1 is 1.15 bits per heavy atom. The summed E-state index contributed by atoms with van der Waals surface area (Å²) in [5, 5.41) is -1.31. The second kappa shape index (κ2) is 6.39. The second-order valence-corrected chi connectivity index (χ2v) is 10.7. The van der Waals surface area contributed by atoms with Gasteiger partial charge in [0.25, 0.3) is 0 Å². The molecule has 0 radical (unpaired) electrons. The van der Waals surface area contributed by atoms with Gasteiger partial charge in [0.05, 0.1) is 30.2 Å². The average Bonchev–Trinajstić information content (AvgIpc) is 3.26. The fraction of sp³-hybridized carbons (Fsp3) is 0.684. The standard InChI is InChI=1S/C19H29BO6S/c1-8-24-15-11-13(9-10-14(15)23-6)19(12-16(19)27(7,21)22)20-25-17(2,3)18(4,5)26-20/h9-11,16H,8,12H2,1-7H3. The fourth-order valence-electron chi connectivity index (χ4n) is 3.76. The van der Waals surface area contributed by atoms with Crippen molar-refractivity contribution in [3.8, 4) is 11.5 Å². The highest BCUT2D eigenvalue weighted by Gasteiger charge is 2.73.